The van der Waals surface area contributed by atoms with Crippen molar-refractivity contribution >= 4 is 70.7 Å². The number of carbonyl (C=O) groups excluding carboxylic acids is 7. The van der Waals surface area contributed by atoms with Crippen LogP contribution in [-0.4, -0.2) is 168 Å². The fourth-order valence-electron chi connectivity index (χ4n) is 7.96. The standard InChI is InChI=1S/C54H89N3O21/c1-39(58)20-21-40(51(67)68)35-42(59)24-26-46(54(73)74)57-49(64)38-78-34-31-75-29-16-17-44(61)37-77-33-32-76-30-28-55-47(62)27-22-41(52(69)70)36-43(60)23-25-45(53(71)72)56-48(63)18-14-12-10-8-6-4-2-3-5-7-9-11-13-15-19-50(65)66/h40-41,45-46H,2-38H2,1H3,(H,55,62)(H,56,63)(H,57,64)(H,65,66)(H,67,68)(H,69,70)(H,71,72)(H,73,74)/t40-,41-,45+,46+/m1/s1. The second-order valence-corrected chi connectivity index (χ2v) is 19.5. The monoisotopic (exact) mass is 1120 g/mol. The Morgan fingerprint density at radius 2 is 0.782 bits per heavy atom. The van der Waals surface area contributed by atoms with E-state index in [4.69, 9.17) is 24.1 Å². The number of carboxylic acid groups (broad SMARTS) is 5. The fraction of sp³-hybridized carbons (Fsp3) is 0.778. The van der Waals surface area contributed by atoms with Gasteiger partial charge in [-0.25, -0.2) is 9.59 Å². The highest BCUT2D eigenvalue weighted by atomic mass is 16.5. The van der Waals surface area contributed by atoms with Gasteiger partial charge in [-0.3, -0.25) is 43.2 Å². The number of amides is 3. The zero-order valence-corrected chi connectivity index (χ0v) is 45.7. The van der Waals surface area contributed by atoms with E-state index >= 15 is 0 Å². The molecule has 0 aliphatic rings. The minimum absolute atomic E-state index is 0.000424. The van der Waals surface area contributed by atoms with Gasteiger partial charge >= 0.3 is 29.8 Å². The predicted octanol–water partition coefficient (Wildman–Crippen LogP) is 5.01. The molecule has 0 aromatic rings. The van der Waals surface area contributed by atoms with Crippen LogP contribution in [0.4, 0.5) is 0 Å². The van der Waals surface area contributed by atoms with Crippen molar-refractivity contribution in [3.63, 3.8) is 0 Å². The molecule has 24 nitrogen and oxygen atoms in total. The van der Waals surface area contributed by atoms with Crippen LogP contribution >= 0.6 is 0 Å². The molecule has 0 aliphatic heterocycles. The lowest BCUT2D eigenvalue weighted by Gasteiger charge is -2.15. The summed E-state index contributed by atoms with van der Waals surface area (Å²) in [5, 5.41) is 54.0. The molecule has 0 unspecified atom stereocenters. The Morgan fingerprint density at radius 1 is 0.359 bits per heavy atom. The van der Waals surface area contributed by atoms with Gasteiger partial charge in [-0.2, -0.15) is 0 Å². The van der Waals surface area contributed by atoms with Gasteiger partial charge < -0.3 is 65.2 Å². The van der Waals surface area contributed by atoms with E-state index in [1.165, 1.54) is 32.6 Å². The second-order valence-electron chi connectivity index (χ2n) is 19.5. The largest absolute Gasteiger partial charge is 0.481 e. The minimum atomic E-state index is -1.40. The maximum atomic E-state index is 12.7. The predicted molar refractivity (Wildman–Crippen MR) is 280 cm³/mol. The normalized spacial score (nSPS) is 12.6. The fourth-order valence-corrected chi connectivity index (χ4v) is 7.96. The topological polar surface area (TPSA) is 379 Å². The molecular formula is C54H89N3O21. The summed E-state index contributed by atoms with van der Waals surface area (Å²) in [6, 6.07) is -2.70. The minimum Gasteiger partial charge on any atom is -0.481 e. The molecule has 0 heterocycles. The number of aliphatic carboxylic acids is 5. The van der Waals surface area contributed by atoms with Crippen molar-refractivity contribution in [3.8, 4) is 0 Å². The van der Waals surface area contributed by atoms with Gasteiger partial charge in [0.1, 0.15) is 42.6 Å². The van der Waals surface area contributed by atoms with E-state index < -0.39 is 96.1 Å². The van der Waals surface area contributed by atoms with Crippen LogP contribution in [0, 0.1) is 11.8 Å². The van der Waals surface area contributed by atoms with Crippen molar-refractivity contribution in [2.45, 2.75) is 199 Å². The number of unbranched alkanes of at least 4 members (excludes halogenated alkanes) is 13. The molecule has 0 aliphatic carbocycles. The van der Waals surface area contributed by atoms with Gasteiger partial charge in [0, 0.05) is 70.9 Å². The summed E-state index contributed by atoms with van der Waals surface area (Å²) < 4.78 is 21.3. The number of carbonyl (C=O) groups is 12. The Hall–Kier alpha value is -5.72. The molecule has 0 radical (unpaired) electrons. The van der Waals surface area contributed by atoms with Gasteiger partial charge in [0.15, 0.2) is 5.78 Å². The zero-order valence-electron chi connectivity index (χ0n) is 45.7. The maximum absolute atomic E-state index is 12.7. The molecule has 78 heavy (non-hydrogen) atoms. The number of carboxylic acids is 5. The maximum Gasteiger partial charge on any atom is 0.326 e. The number of nitrogens with one attached hydrogen (secondary N) is 3. The van der Waals surface area contributed by atoms with E-state index in [1.807, 2.05) is 0 Å². The van der Waals surface area contributed by atoms with E-state index in [0.29, 0.717) is 12.8 Å². The highest BCUT2D eigenvalue weighted by Gasteiger charge is 2.27. The Balaban J connectivity index is 4.05. The first kappa shape index (κ1) is 72.3. The zero-order chi connectivity index (χ0) is 58.4. The van der Waals surface area contributed by atoms with Crippen LogP contribution in [0.15, 0.2) is 0 Å². The summed E-state index contributed by atoms with van der Waals surface area (Å²) in [4.78, 5) is 142. The van der Waals surface area contributed by atoms with Crippen LogP contribution < -0.4 is 16.0 Å². The lowest BCUT2D eigenvalue weighted by atomic mass is 9.94. The molecule has 3 amide bonds. The Morgan fingerprint density at radius 3 is 1.24 bits per heavy atom. The lowest BCUT2D eigenvalue weighted by Crippen LogP contribution is -2.42. The molecule has 0 saturated heterocycles. The first-order chi connectivity index (χ1) is 37.2. The van der Waals surface area contributed by atoms with Crippen LogP contribution in [0.2, 0.25) is 0 Å². The van der Waals surface area contributed by atoms with Gasteiger partial charge in [0.25, 0.3) is 0 Å². The number of ketones is 4. The van der Waals surface area contributed by atoms with Crippen LogP contribution in [0.3, 0.4) is 0 Å². The number of Topliss-reactive ketones (excluding diaryl/α,β-unsaturated/α-hetero) is 4. The van der Waals surface area contributed by atoms with Crippen molar-refractivity contribution in [3.05, 3.63) is 0 Å². The second kappa shape index (κ2) is 47.3. The van der Waals surface area contributed by atoms with E-state index in [-0.39, 0.29) is 141 Å². The van der Waals surface area contributed by atoms with Crippen LogP contribution in [0.5, 0.6) is 0 Å². The first-order valence-electron chi connectivity index (χ1n) is 27.6. The van der Waals surface area contributed by atoms with E-state index in [0.717, 1.165) is 57.8 Å². The molecule has 0 saturated carbocycles. The molecular weight excluding hydrogens is 1030 g/mol. The van der Waals surface area contributed by atoms with Gasteiger partial charge in [0.05, 0.1) is 44.9 Å². The molecule has 0 aromatic carbocycles. The van der Waals surface area contributed by atoms with Gasteiger partial charge in [-0.05, 0) is 51.9 Å². The van der Waals surface area contributed by atoms with Crippen LogP contribution in [0.1, 0.15) is 187 Å². The highest BCUT2D eigenvalue weighted by molar-refractivity contribution is 5.88. The van der Waals surface area contributed by atoms with Crippen molar-refractivity contribution < 1.29 is 102 Å². The number of hydrogen-bond donors (Lipinski definition) is 8. The Kier molecular flexibility index (Phi) is 43.8. The average Bonchev–Trinajstić information content (AvgIpc) is 3.37. The molecule has 0 bridgehead atoms. The lowest BCUT2D eigenvalue weighted by molar-refractivity contribution is -0.145. The summed E-state index contributed by atoms with van der Waals surface area (Å²) in [5.41, 5.74) is 0. The molecule has 0 rings (SSSR count). The Bertz CT molecular complexity index is 1830. The van der Waals surface area contributed by atoms with Gasteiger partial charge in [-0.1, -0.05) is 77.0 Å². The quantitative estimate of drug-likeness (QED) is 0.0371. The van der Waals surface area contributed by atoms with Crippen LogP contribution in [-0.2, 0) is 76.5 Å². The molecule has 24 heteroatoms. The number of rotatable bonds is 56. The Labute approximate surface area is 457 Å². The van der Waals surface area contributed by atoms with Gasteiger partial charge in [-0.15, -0.1) is 0 Å². The summed E-state index contributed by atoms with van der Waals surface area (Å²) in [7, 11) is 0. The van der Waals surface area contributed by atoms with Gasteiger partial charge in [0.2, 0.25) is 17.7 Å². The SMILES string of the molecule is CC(=O)CC[C@H](CC(=O)CC[C@H](NC(=O)COCCOCCCC(=O)COCCOCCNC(=O)CC[C@H](CC(=O)CC[C@H](NC(=O)CCCCCCCCCCCCCCCCC(=O)O)C(=O)O)C(=O)O)C(=O)O)C(=O)O. The summed E-state index contributed by atoms with van der Waals surface area (Å²) >= 11 is 0. The van der Waals surface area contributed by atoms with Crippen molar-refractivity contribution in [2.75, 3.05) is 59.4 Å². The molecule has 8 N–H and O–H groups in total. The molecule has 0 aromatic heterocycles. The molecule has 0 spiro atoms. The average molecular weight is 1120 g/mol. The van der Waals surface area contributed by atoms with E-state index in [2.05, 4.69) is 16.0 Å². The number of ether oxygens (including phenoxy) is 4. The third kappa shape index (κ3) is 44.3. The first-order valence-corrected chi connectivity index (χ1v) is 27.6. The smallest absolute Gasteiger partial charge is 0.326 e. The third-order valence-corrected chi connectivity index (χ3v) is 12.5. The van der Waals surface area contributed by atoms with Crippen molar-refractivity contribution in [1.82, 2.24) is 16.0 Å². The molecule has 446 valence electrons. The van der Waals surface area contributed by atoms with Crippen molar-refractivity contribution in [2.24, 2.45) is 11.8 Å². The van der Waals surface area contributed by atoms with E-state index in [9.17, 15) is 78.0 Å². The summed E-state index contributed by atoms with van der Waals surface area (Å²) in [5.74, 6) is -11.2. The summed E-state index contributed by atoms with van der Waals surface area (Å²) in [6.45, 7) is 1.39. The molecule has 4 atom stereocenters. The summed E-state index contributed by atoms with van der Waals surface area (Å²) in [6.07, 6.45) is 13.3. The van der Waals surface area contributed by atoms with E-state index in [1.54, 1.807) is 0 Å². The van der Waals surface area contributed by atoms with Crippen LogP contribution in [0.25, 0.3) is 0 Å². The number of hydrogen-bond acceptors (Lipinski definition) is 16. The molecule has 0 fully saturated rings. The highest BCUT2D eigenvalue weighted by Crippen LogP contribution is 2.18. The van der Waals surface area contributed by atoms with Crippen molar-refractivity contribution in [1.29, 1.82) is 0 Å². The third-order valence-electron chi connectivity index (χ3n) is 12.5.